The van der Waals surface area contributed by atoms with Crippen LogP contribution < -0.4 is 0 Å². The fraction of sp³-hybridized carbons (Fsp3) is 0.385. The Bertz CT molecular complexity index is 505. The van der Waals surface area contributed by atoms with Gasteiger partial charge in [0.05, 0.1) is 23.7 Å². The number of esters is 1. The van der Waals surface area contributed by atoms with Crippen molar-refractivity contribution in [3.63, 3.8) is 0 Å². The van der Waals surface area contributed by atoms with Gasteiger partial charge in [0.1, 0.15) is 0 Å². The minimum atomic E-state index is -0.157. The minimum absolute atomic E-state index is 0.0970. The molecule has 0 aliphatic rings. The fourth-order valence-corrected chi connectivity index (χ4v) is 2.68. The average molecular weight is 264 g/mol. The Hall–Kier alpha value is -1.62. The number of hydrogen-bond donors (Lipinski definition) is 1. The molecule has 1 N–H and O–H groups in total. The highest BCUT2D eigenvalue weighted by Gasteiger charge is 2.19. The molecule has 96 valence electrons. The molecule has 5 heteroatoms. The molecule has 0 aliphatic heterocycles. The van der Waals surface area contributed by atoms with E-state index in [1.165, 1.54) is 7.11 Å². The van der Waals surface area contributed by atoms with Crippen LogP contribution in [0.5, 0.6) is 0 Å². The van der Waals surface area contributed by atoms with E-state index < -0.39 is 0 Å². The van der Waals surface area contributed by atoms with Gasteiger partial charge >= 0.3 is 5.97 Å². The third-order valence-electron chi connectivity index (χ3n) is 2.89. The van der Waals surface area contributed by atoms with Crippen molar-refractivity contribution in [3.05, 3.63) is 28.8 Å². The minimum Gasteiger partial charge on any atom is -0.469 e. The molecule has 0 spiro atoms. The van der Waals surface area contributed by atoms with Crippen molar-refractivity contribution in [1.29, 1.82) is 0 Å². The summed E-state index contributed by atoms with van der Waals surface area (Å²) in [6.45, 7) is 1.99. The number of carbonyl (C=O) groups is 1. The van der Waals surface area contributed by atoms with Gasteiger partial charge in [-0.25, -0.2) is 4.98 Å². The Morgan fingerprint density at radius 2 is 2.44 bits per heavy atom. The number of hydrogen-bond acceptors (Lipinski definition) is 4. The van der Waals surface area contributed by atoms with Crippen molar-refractivity contribution in [2.75, 3.05) is 7.11 Å². The average Bonchev–Trinajstić information content (AvgIpc) is 3.05. The summed E-state index contributed by atoms with van der Waals surface area (Å²) in [5.41, 5.74) is 2.03. The first-order valence-corrected chi connectivity index (χ1v) is 6.78. The normalized spacial score (nSPS) is 12.3. The maximum Gasteiger partial charge on any atom is 0.309 e. The zero-order chi connectivity index (χ0) is 13.0. The molecule has 0 saturated carbocycles. The van der Waals surface area contributed by atoms with E-state index in [1.54, 1.807) is 11.3 Å². The number of nitrogens with one attached hydrogen (secondary N) is 1. The van der Waals surface area contributed by atoms with E-state index in [1.807, 2.05) is 30.8 Å². The molecule has 0 amide bonds. The molecule has 2 rings (SSSR count). The van der Waals surface area contributed by atoms with E-state index in [2.05, 4.69) is 9.97 Å². The number of nitrogens with zero attached hydrogens (tertiary/aromatic N) is 1. The Balaban J connectivity index is 2.08. The first kappa shape index (κ1) is 12.8. The second-order valence-corrected chi connectivity index (χ2v) is 5.00. The summed E-state index contributed by atoms with van der Waals surface area (Å²) in [4.78, 5) is 19.1. The van der Waals surface area contributed by atoms with Crippen molar-refractivity contribution < 1.29 is 9.53 Å². The van der Waals surface area contributed by atoms with Crippen LogP contribution in [0.1, 0.15) is 18.4 Å². The number of rotatable bonds is 5. The molecule has 0 bridgehead atoms. The summed E-state index contributed by atoms with van der Waals surface area (Å²) >= 11 is 1.59. The maximum absolute atomic E-state index is 11.5. The van der Waals surface area contributed by atoms with Gasteiger partial charge in [0, 0.05) is 29.8 Å². The van der Waals surface area contributed by atoms with Crippen LogP contribution in [0.3, 0.4) is 0 Å². The third kappa shape index (κ3) is 2.79. The molecule has 0 radical (unpaired) electrons. The van der Waals surface area contributed by atoms with Crippen LogP contribution in [-0.4, -0.2) is 23.0 Å². The van der Waals surface area contributed by atoms with Gasteiger partial charge in [-0.05, 0) is 12.5 Å². The molecule has 4 nitrogen and oxygen atoms in total. The SMILES string of the molecule is CCC(Cc1nc(-c2cc[nH]c2)cs1)C(=O)OC. The molecule has 2 heterocycles. The molecule has 1 atom stereocenters. The molecule has 0 fully saturated rings. The van der Waals surface area contributed by atoms with Gasteiger partial charge in [0.2, 0.25) is 0 Å². The number of aromatic nitrogens is 2. The van der Waals surface area contributed by atoms with Gasteiger partial charge in [-0.15, -0.1) is 11.3 Å². The van der Waals surface area contributed by atoms with Crippen LogP contribution >= 0.6 is 11.3 Å². The van der Waals surface area contributed by atoms with E-state index in [4.69, 9.17) is 4.74 Å². The van der Waals surface area contributed by atoms with Gasteiger partial charge in [0.25, 0.3) is 0 Å². The molecule has 18 heavy (non-hydrogen) atoms. The van der Waals surface area contributed by atoms with E-state index in [-0.39, 0.29) is 11.9 Å². The van der Waals surface area contributed by atoms with Crippen LogP contribution in [0.4, 0.5) is 0 Å². The van der Waals surface area contributed by atoms with Gasteiger partial charge < -0.3 is 9.72 Å². The van der Waals surface area contributed by atoms with Crippen molar-refractivity contribution >= 4 is 17.3 Å². The van der Waals surface area contributed by atoms with Crippen molar-refractivity contribution in [2.45, 2.75) is 19.8 Å². The number of carbonyl (C=O) groups excluding carboxylic acids is 1. The van der Waals surface area contributed by atoms with Crippen LogP contribution in [0, 0.1) is 5.92 Å². The predicted molar refractivity (Wildman–Crippen MR) is 71.4 cm³/mol. The summed E-state index contributed by atoms with van der Waals surface area (Å²) in [5, 5.41) is 2.99. The Labute approximate surface area is 110 Å². The molecule has 0 saturated heterocycles. The summed E-state index contributed by atoms with van der Waals surface area (Å²) in [6, 6.07) is 1.98. The second-order valence-electron chi connectivity index (χ2n) is 4.06. The van der Waals surface area contributed by atoms with Crippen LogP contribution in [0.15, 0.2) is 23.8 Å². The van der Waals surface area contributed by atoms with Gasteiger partial charge in [-0.1, -0.05) is 6.92 Å². The molecule has 0 aliphatic carbocycles. The number of aromatic amines is 1. The number of ether oxygens (including phenoxy) is 1. The van der Waals surface area contributed by atoms with Crippen molar-refractivity contribution in [2.24, 2.45) is 5.92 Å². The standard InChI is InChI=1S/C13H16N2O2S/c1-3-9(13(16)17-2)6-12-15-11(8-18-12)10-4-5-14-7-10/h4-5,7-9,14H,3,6H2,1-2H3. The highest BCUT2D eigenvalue weighted by Crippen LogP contribution is 2.24. The number of thiazole rings is 1. The van der Waals surface area contributed by atoms with Gasteiger partial charge in [0.15, 0.2) is 0 Å². The van der Waals surface area contributed by atoms with Crippen molar-refractivity contribution in [1.82, 2.24) is 9.97 Å². The van der Waals surface area contributed by atoms with Gasteiger partial charge in [-0.2, -0.15) is 0 Å². The first-order chi connectivity index (χ1) is 8.74. The Morgan fingerprint density at radius 3 is 3.06 bits per heavy atom. The smallest absolute Gasteiger partial charge is 0.309 e. The lowest BCUT2D eigenvalue weighted by atomic mass is 10.0. The lowest BCUT2D eigenvalue weighted by Gasteiger charge is -2.09. The zero-order valence-electron chi connectivity index (χ0n) is 10.5. The number of methoxy groups -OCH3 is 1. The summed E-state index contributed by atoms with van der Waals surface area (Å²) in [5.74, 6) is -0.254. The van der Waals surface area contributed by atoms with E-state index in [0.717, 1.165) is 22.7 Å². The monoisotopic (exact) mass is 264 g/mol. The molecular weight excluding hydrogens is 248 g/mol. The van der Waals surface area contributed by atoms with Crippen LogP contribution in [0.25, 0.3) is 11.3 Å². The number of H-pyrrole nitrogens is 1. The highest BCUT2D eigenvalue weighted by molar-refractivity contribution is 7.09. The highest BCUT2D eigenvalue weighted by atomic mass is 32.1. The quantitative estimate of drug-likeness (QED) is 0.845. The topological polar surface area (TPSA) is 55.0 Å². The predicted octanol–water partition coefficient (Wildman–Crippen LogP) is 2.88. The molecule has 2 aromatic heterocycles. The zero-order valence-corrected chi connectivity index (χ0v) is 11.3. The van der Waals surface area contributed by atoms with E-state index in [9.17, 15) is 4.79 Å². The molecular formula is C13H16N2O2S. The molecule has 2 aromatic rings. The maximum atomic E-state index is 11.5. The van der Waals surface area contributed by atoms with E-state index >= 15 is 0 Å². The summed E-state index contributed by atoms with van der Waals surface area (Å²) in [6.07, 6.45) is 5.21. The largest absolute Gasteiger partial charge is 0.469 e. The van der Waals surface area contributed by atoms with Crippen LogP contribution in [0.2, 0.25) is 0 Å². The summed E-state index contributed by atoms with van der Waals surface area (Å²) < 4.78 is 4.79. The van der Waals surface area contributed by atoms with E-state index in [0.29, 0.717) is 6.42 Å². The Kier molecular flexibility index (Phi) is 4.15. The first-order valence-electron chi connectivity index (χ1n) is 5.90. The molecule has 1 unspecified atom stereocenters. The van der Waals surface area contributed by atoms with Crippen LogP contribution in [-0.2, 0) is 16.0 Å². The van der Waals surface area contributed by atoms with Crippen molar-refractivity contribution in [3.8, 4) is 11.3 Å². The second kappa shape index (κ2) is 5.82. The lowest BCUT2D eigenvalue weighted by molar-refractivity contribution is -0.145. The summed E-state index contributed by atoms with van der Waals surface area (Å²) in [7, 11) is 1.43. The Morgan fingerprint density at radius 1 is 1.61 bits per heavy atom. The fourth-order valence-electron chi connectivity index (χ4n) is 1.79. The molecule has 0 aromatic carbocycles. The lowest BCUT2D eigenvalue weighted by Crippen LogP contribution is -2.17. The third-order valence-corrected chi connectivity index (χ3v) is 3.76. The van der Waals surface area contributed by atoms with Gasteiger partial charge in [-0.3, -0.25) is 4.79 Å².